The zero-order valence-corrected chi connectivity index (χ0v) is 16.5. The Kier molecular flexibility index (Phi) is 6.22. The number of anilines is 2. The molecule has 6 nitrogen and oxygen atoms in total. The molecule has 1 aliphatic heterocycles. The first kappa shape index (κ1) is 19.2. The van der Waals surface area contributed by atoms with E-state index in [9.17, 15) is 4.79 Å². The Balaban J connectivity index is 1.28. The van der Waals surface area contributed by atoms with Crippen molar-refractivity contribution in [1.29, 1.82) is 0 Å². The van der Waals surface area contributed by atoms with Crippen molar-refractivity contribution in [2.24, 2.45) is 0 Å². The number of rotatable bonds is 7. The van der Waals surface area contributed by atoms with Crippen LogP contribution in [0.3, 0.4) is 0 Å². The van der Waals surface area contributed by atoms with Crippen LogP contribution in [0.2, 0.25) is 0 Å². The van der Waals surface area contributed by atoms with Crippen molar-refractivity contribution in [2.45, 2.75) is 25.3 Å². The largest absolute Gasteiger partial charge is 0.385 e. The first-order valence-electron chi connectivity index (χ1n) is 10.2. The van der Waals surface area contributed by atoms with Crippen molar-refractivity contribution in [3.63, 3.8) is 0 Å². The molecule has 1 aromatic heterocycles. The fourth-order valence-corrected chi connectivity index (χ4v) is 3.58. The Hall–Kier alpha value is -3.12. The van der Waals surface area contributed by atoms with E-state index < -0.39 is 0 Å². The molecule has 3 N–H and O–H groups in total. The van der Waals surface area contributed by atoms with Crippen LogP contribution in [0.25, 0.3) is 0 Å². The molecule has 3 aromatic rings. The molecular weight excluding hydrogens is 362 g/mol. The van der Waals surface area contributed by atoms with Gasteiger partial charge in [-0.05, 0) is 61.7 Å². The van der Waals surface area contributed by atoms with Crippen molar-refractivity contribution in [2.75, 3.05) is 30.3 Å². The minimum absolute atomic E-state index is 0.183. The molecule has 1 aliphatic rings. The molecule has 2 heterocycles. The Labute approximate surface area is 171 Å². The van der Waals surface area contributed by atoms with Crippen LogP contribution in [0.1, 0.15) is 34.9 Å². The third-order valence-electron chi connectivity index (χ3n) is 5.21. The third-order valence-corrected chi connectivity index (χ3v) is 5.21. The van der Waals surface area contributed by atoms with Crippen molar-refractivity contribution in [1.82, 2.24) is 15.1 Å². The van der Waals surface area contributed by atoms with E-state index in [0.717, 1.165) is 50.3 Å². The van der Waals surface area contributed by atoms with Gasteiger partial charge in [-0.15, -0.1) is 0 Å². The van der Waals surface area contributed by atoms with Gasteiger partial charge in [0.15, 0.2) is 5.69 Å². The number of benzene rings is 2. The summed E-state index contributed by atoms with van der Waals surface area (Å²) in [7, 11) is 0. The monoisotopic (exact) mass is 389 g/mol. The smallest absolute Gasteiger partial charge is 0.276 e. The SMILES string of the molecule is O=C(Nc1ccc(NCCc2ccccc2)cc1)c1ccn(C2CCCNC2)n1. The maximum Gasteiger partial charge on any atom is 0.276 e. The number of carbonyl (C=O) groups excluding carboxylic acids is 1. The van der Waals surface area contributed by atoms with Gasteiger partial charge in [0.2, 0.25) is 0 Å². The van der Waals surface area contributed by atoms with E-state index in [1.807, 2.05) is 41.2 Å². The quantitative estimate of drug-likeness (QED) is 0.576. The minimum atomic E-state index is -0.183. The van der Waals surface area contributed by atoms with Gasteiger partial charge in [0.1, 0.15) is 0 Å². The van der Waals surface area contributed by atoms with E-state index in [-0.39, 0.29) is 5.91 Å². The molecule has 4 rings (SSSR count). The topological polar surface area (TPSA) is 71.0 Å². The van der Waals surface area contributed by atoms with Crippen molar-refractivity contribution >= 4 is 17.3 Å². The van der Waals surface area contributed by atoms with Gasteiger partial charge < -0.3 is 16.0 Å². The van der Waals surface area contributed by atoms with Gasteiger partial charge in [0.05, 0.1) is 6.04 Å². The molecule has 0 spiro atoms. The lowest BCUT2D eigenvalue weighted by Crippen LogP contribution is -2.32. The Morgan fingerprint density at radius 1 is 1.07 bits per heavy atom. The summed E-state index contributed by atoms with van der Waals surface area (Å²) in [4.78, 5) is 12.5. The van der Waals surface area contributed by atoms with Crippen LogP contribution in [0.4, 0.5) is 11.4 Å². The Bertz CT molecular complexity index is 914. The predicted octanol–water partition coefficient (Wildman–Crippen LogP) is 3.71. The standard InChI is InChI=1S/C23H27N5O/c29-23(22-13-16-28(27-22)21-7-4-14-24-17-21)26-20-10-8-19(9-11-20)25-15-12-18-5-2-1-3-6-18/h1-3,5-6,8-11,13,16,21,24-25H,4,7,12,14-15,17H2,(H,26,29). The summed E-state index contributed by atoms with van der Waals surface area (Å²) in [6.07, 6.45) is 5.09. The lowest BCUT2D eigenvalue weighted by molar-refractivity contribution is 0.102. The van der Waals surface area contributed by atoms with E-state index in [0.29, 0.717) is 11.7 Å². The number of amides is 1. The van der Waals surface area contributed by atoms with E-state index >= 15 is 0 Å². The van der Waals surface area contributed by atoms with Gasteiger partial charge in [0, 0.05) is 30.7 Å². The molecule has 0 saturated carbocycles. The van der Waals surface area contributed by atoms with Crippen molar-refractivity contribution < 1.29 is 4.79 Å². The van der Waals surface area contributed by atoms with Crippen LogP contribution in [0, 0.1) is 0 Å². The van der Waals surface area contributed by atoms with Crippen LogP contribution in [-0.2, 0) is 6.42 Å². The number of hydrogen-bond acceptors (Lipinski definition) is 4. The summed E-state index contributed by atoms with van der Waals surface area (Å²) in [6.45, 7) is 2.83. The Morgan fingerprint density at radius 3 is 2.62 bits per heavy atom. The molecule has 1 amide bonds. The van der Waals surface area contributed by atoms with Gasteiger partial charge in [-0.2, -0.15) is 5.10 Å². The van der Waals surface area contributed by atoms with Gasteiger partial charge in [-0.25, -0.2) is 0 Å². The summed E-state index contributed by atoms with van der Waals surface area (Å²) in [6, 6.07) is 20.3. The number of nitrogens with one attached hydrogen (secondary N) is 3. The van der Waals surface area contributed by atoms with E-state index in [2.05, 4.69) is 45.3 Å². The maximum absolute atomic E-state index is 12.5. The van der Waals surface area contributed by atoms with E-state index in [1.165, 1.54) is 5.56 Å². The normalized spacial score (nSPS) is 16.3. The van der Waals surface area contributed by atoms with Crippen molar-refractivity contribution in [3.05, 3.63) is 78.1 Å². The van der Waals surface area contributed by atoms with Crippen LogP contribution >= 0.6 is 0 Å². The first-order valence-corrected chi connectivity index (χ1v) is 10.2. The van der Waals surface area contributed by atoms with Crippen LogP contribution in [-0.4, -0.2) is 35.3 Å². The third kappa shape index (κ3) is 5.23. The second-order valence-corrected chi connectivity index (χ2v) is 7.38. The number of aromatic nitrogens is 2. The highest BCUT2D eigenvalue weighted by Crippen LogP contribution is 2.17. The second kappa shape index (κ2) is 9.39. The summed E-state index contributed by atoms with van der Waals surface area (Å²) in [5.74, 6) is -0.183. The summed E-state index contributed by atoms with van der Waals surface area (Å²) >= 11 is 0. The first-order chi connectivity index (χ1) is 14.3. The second-order valence-electron chi connectivity index (χ2n) is 7.38. The lowest BCUT2D eigenvalue weighted by atomic mass is 10.1. The van der Waals surface area contributed by atoms with Crippen LogP contribution in [0.15, 0.2) is 66.9 Å². The van der Waals surface area contributed by atoms with Gasteiger partial charge >= 0.3 is 0 Å². The predicted molar refractivity (Wildman–Crippen MR) is 116 cm³/mol. The van der Waals surface area contributed by atoms with Crippen LogP contribution in [0.5, 0.6) is 0 Å². The average Bonchev–Trinajstić information content (AvgIpc) is 3.27. The van der Waals surface area contributed by atoms with Crippen LogP contribution < -0.4 is 16.0 Å². The zero-order chi connectivity index (χ0) is 19.9. The summed E-state index contributed by atoms with van der Waals surface area (Å²) in [5.41, 5.74) is 3.55. The molecule has 2 aromatic carbocycles. The molecule has 6 heteroatoms. The van der Waals surface area contributed by atoms with Gasteiger partial charge in [0.25, 0.3) is 5.91 Å². The lowest BCUT2D eigenvalue weighted by Gasteiger charge is -2.22. The van der Waals surface area contributed by atoms with Crippen molar-refractivity contribution in [3.8, 4) is 0 Å². The molecule has 1 unspecified atom stereocenters. The minimum Gasteiger partial charge on any atom is -0.385 e. The molecule has 1 fully saturated rings. The molecule has 0 bridgehead atoms. The highest BCUT2D eigenvalue weighted by atomic mass is 16.1. The Morgan fingerprint density at radius 2 is 1.86 bits per heavy atom. The van der Waals surface area contributed by atoms with E-state index in [4.69, 9.17) is 0 Å². The van der Waals surface area contributed by atoms with E-state index in [1.54, 1.807) is 6.07 Å². The van der Waals surface area contributed by atoms with Gasteiger partial charge in [-0.1, -0.05) is 30.3 Å². The molecule has 29 heavy (non-hydrogen) atoms. The molecular formula is C23H27N5O. The highest BCUT2D eigenvalue weighted by molar-refractivity contribution is 6.02. The number of piperidine rings is 1. The molecule has 150 valence electrons. The molecule has 1 atom stereocenters. The fourth-order valence-electron chi connectivity index (χ4n) is 3.58. The maximum atomic E-state index is 12.5. The summed E-state index contributed by atoms with van der Waals surface area (Å²) < 4.78 is 1.90. The average molecular weight is 390 g/mol. The molecule has 0 aliphatic carbocycles. The molecule has 1 saturated heterocycles. The molecule has 0 radical (unpaired) electrons. The number of nitrogens with zero attached hydrogens (tertiary/aromatic N) is 2. The fraction of sp³-hybridized carbons (Fsp3) is 0.304. The summed E-state index contributed by atoms with van der Waals surface area (Å²) in [5, 5.41) is 14.2. The van der Waals surface area contributed by atoms with Gasteiger partial charge in [-0.3, -0.25) is 9.48 Å². The number of hydrogen-bond donors (Lipinski definition) is 3. The number of carbonyl (C=O) groups is 1. The highest BCUT2D eigenvalue weighted by Gasteiger charge is 2.17. The zero-order valence-electron chi connectivity index (χ0n) is 16.5.